The van der Waals surface area contributed by atoms with Crippen molar-refractivity contribution in [2.24, 2.45) is 0 Å². The minimum absolute atomic E-state index is 0. The summed E-state index contributed by atoms with van der Waals surface area (Å²) in [7, 11) is -3.63. The Hall–Kier alpha value is -0.407. The predicted molar refractivity (Wildman–Crippen MR) is 43.3 cm³/mol. The summed E-state index contributed by atoms with van der Waals surface area (Å²) in [6.07, 6.45) is 3.28. The number of likely N-dealkylation sites (tertiary alicyclic amines) is 1. The maximum Gasteiger partial charge on any atom is 2.00 e. The molecular weight excluding hydrogens is 202 g/mol. The molecule has 0 radical (unpaired) electrons. The van der Waals surface area contributed by atoms with Crippen LogP contribution in [0.1, 0.15) is 12.8 Å². The van der Waals surface area contributed by atoms with Crippen molar-refractivity contribution >= 4 is 38.1 Å². The average molecular weight is 212 g/mol. The molecular formula is C6H9MgNO4Si. The molecule has 0 atom stereocenters. The van der Waals surface area contributed by atoms with E-state index in [1.54, 1.807) is 11.1 Å². The minimum Gasteiger partial charge on any atom is -0.672 e. The van der Waals surface area contributed by atoms with Gasteiger partial charge in [-0.1, -0.05) is 6.58 Å². The molecule has 0 aromatic heterocycles. The third kappa shape index (κ3) is 7.94. The molecule has 1 aliphatic heterocycles. The van der Waals surface area contributed by atoms with Crippen LogP contribution in [0.3, 0.4) is 0 Å². The van der Waals surface area contributed by atoms with Gasteiger partial charge in [0.05, 0.1) is 0 Å². The second kappa shape index (κ2) is 8.20. The van der Waals surface area contributed by atoms with Crippen LogP contribution < -0.4 is 9.59 Å². The maximum absolute atomic E-state index is 10.7. The number of carbonyl (C=O) groups excluding carboxylic acids is 1. The van der Waals surface area contributed by atoms with Crippen molar-refractivity contribution in [3.8, 4) is 0 Å². The van der Waals surface area contributed by atoms with Crippen LogP contribution in [-0.4, -0.2) is 49.6 Å². The van der Waals surface area contributed by atoms with E-state index in [1.165, 1.54) is 0 Å². The van der Waals surface area contributed by atoms with Crippen LogP contribution >= 0.6 is 0 Å². The van der Waals surface area contributed by atoms with Gasteiger partial charge in [0.1, 0.15) is 0 Å². The van der Waals surface area contributed by atoms with Crippen LogP contribution in [0.4, 0.5) is 0 Å². The summed E-state index contributed by atoms with van der Waals surface area (Å²) in [6, 6.07) is 0. The zero-order valence-corrected chi connectivity index (χ0v) is 9.61. The first kappa shape index (κ1) is 15.1. The Bertz CT molecular complexity index is 195. The Kier molecular flexibility index (Phi) is 9.52. The van der Waals surface area contributed by atoms with E-state index in [9.17, 15) is 4.79 Å². The topological polar surface area (TPSA) is 83.5 Å². The molecule has 1 rings (SSSR count). The molecule has 0 saturated carbocycles. The monoisotopic (exact) mass is 211 g/mol. The van der Waals surface area contributed by atoms with Crippen LogP contribution in [0.15, 0.2) is 12.8 Å². The molecule has 0 aliphatic carbocycles. The third-order valence-electron chi connectivity index (χ3n) is 1.33. The van der Waals surface area contributed by atoms with Crippen LogP contribution in [-0.2, 0) is 9.26 Å². The quantitative estimate of drug-likeness (QED) is 0.449. The molecule has 5 nitrogen and oxygen atoms in total. The standard InChI is InChI=1S/C6H9NO.Mg.O3Si/c1-2-7-5-3-4-6(7)8;;1-4(2)3/h2H,1,3-5H2;;/q;+2;-2. The number of nitrogens with zero attached hydrogens (tertiary/aromatic N) is 1. The molecule has 1 heterocycles. The van der Waals surface area contributed by atoms with Gasteiger partial charge in [-0.2, -0.15) is 0 Å². The van der Waals surface area contributed by atoms with Gasteiger partial charge in [-0.15, -0.1) is 0 Å². The SMILES string of the molecule is C=CN1CCCC1=O.O=[Si]([O-])[O-].[Mg+2]. The van der Waals surface area contributed by atoms with Gasteiger partial charge in [-0.25, -0.2) is 0 Å². The predicted octanol–water partition coefficient (Wildman–Crippen LogP) is -2.51. The molecule has 1 aliphatic rings. The van der Waals surface area contributed by atoms with Gasteiger partial charge in [0.2, 0.25) is 5.91 Å². The summed E-state index contributed by atoms with van der Waals surface area (Å²) in [6.45, 7) is 4.36. The van der Waals surface area contributed by atoms with Crippen molar-refractivity contribution in [2.45, 2.75) is 12.8 Å². The Morgan fingerprint density at radius 2 is 2.00 bits per heavy atom. The number of rotatable bonds is 1. The Morgan fingerprint density at radius 1 is 1.54 bits per heavy atom. The first-order valence-corrected chi connectivity index (χ1v) is 4.60. The molecule has 1 amide bonds. The zero-order chi connectivity index (χ0) is 9.56. The summed E-state index contributed by atoms with van der Waals surface area (Å²) in [5, 5.41) is 0. The van der Waals surface area contributed by atoms with Crippen LogP contribution in [0.2, 0.25) is 0 Å². The molecule has 7 heteroatoms. The molecule has 0 aromatic rings. The van der Waals surface area contributed by atoms with Crippen LogP contribution in [0.25, 0.3) is 0 Å². The zero-order valence-electron chi connectivity index (χ0n) is 7.19. The Labute approximate surface area is 94.1 Å². The average Bonchev–Trinajstić information content (AvgIpc) is 2.33. The van der Waals surface area contributed by atoms with E-state index in [2.05, 4.69) is 6.58 Å². The molecule has 1 fully saturated rings. The van der Waals surface area contributed by atoms with Gasteiger partial charge in [-0.3, -0.25) is 4.79 Å². The van der Waals surface area contributed by atoms with Gasteiger partial charge < -0.3 is 19.0 Å². The Morgan fingerprint density at radius 3 is 2.15 bits per heavy atom. The fraction of sp³-hybridized carbons (Fsp3) is 0.500. The molecule has 0 unspecified atom stereocenters. The molecule has 68 valence electrons. The van der Waals surface area contributed by atoms with Gasteiger partial charge in [0.15, 0.2) is 0 Å². The van der Waals surface area contributed by atoms with E-state index in [4.69, 9.17) is 14.1 Å². The Balaban J connectivity index is 0. The van der Waals surface area contributed by atoms with Crippen molar-refractivity contribution in [3.63, 3.8) is 0 Å². The maximum atomic E-state index is 10.7. The first-order chi connectivity index (χ1) is 5.57. The van der Waals surface area contributed by atoms with E-state index >= 15 is 0 Å². The van der Waals surface area contributed by atoms with E-state index < -0.39 is 9.17 Å². The number of hydrogen-bond acceptors (Lipinski definition) is 4. The normalized spacial score (nSPS) is 13.8. The number of amides is 1. The summed E-state index contributed by atoms with van der Waals surface area (Å²) < 4.78 is 8.52. The minimum atomic E-state index is -3.63. The first-order valence-electron chi connectivity index (χ1n) is 3.38. The fourth-order valence-electron chi connectivity index (χ4n) is 0.862. The van der Waals surface area contributed by atoms with Crippen molar-refractivity contribution in [3.05, 3.63) is 12.8 Å². The van der Waals surface area contributed by atoms with Gasteiger partial charge in [-0.05, 0) is 12.6 Å². The van der Waals surface area contributed by atoms with E-state index in [0.29, 0.717) is 6.42 Å². The second-order valence-electron chi connectivity index (χ2n) is 2.12. The molecule has 13 heavy (non-hydrogen) atoms. The van der Waals surface area contributed by atoms with Gasteiger partial charge >= 0.3 is 23.1 Å². The van der Waals surface area contributed by atoms with Crippen molar-refractivity contribution < 1.29 is 18.8 Å². The molecule has 0 N–H and O–H groups in total. The summed E-state index contributed by atoms with van der Waals surface area (Å²) in [5.74, 6) is 0.208. The molecule has 1 saturated heterocycles. The van der Waals surface area contributed by atoms with E-state index in [1.807, 2.05) is 0 Å². The smallest absolute Gasteiger partial charge is 0.672 e. The fourth-order valence-corrected chi connectivity index (χ4v) is 0.862. The second-order valence-corrected chi connectivity index (χ2v) is 2.62. The summed E-state index contributed by atoms with van der Waals surface area (Å²) >= 11 is 0. The summed E-state index contributed by atoms with van der Waals surface area (Å²) in [5.41, 5.74) is 0. The van der Waals surface area contributed by atoms with Crippen molar-refractivity contribution in [2.75, 3.05) is 6.54 Å². The number of carbonyl (C=O) groups is 1. The van der Waals surface area contributed by atoms with E-state index in [-0.39, 0.29) is 29.0 Å². The third-order valence-corrected chi connectivity index (χ3v) is 1.33. The molecule has 0 aromatic carbocycles. The largest absolute Gasteiger partial charge is 2.00 e. The van der Waals surface area contributed by atoms with Gasteiger partial charge in [0, 0.05) is 22.1 Å². The van der Waals surface area contributed by atoms with Crippen LogP contribution in [0.5, 0.6) is 0 Å². The van der Waals surface area contributed by atoms with Crippen LogP contribution in [0, 0.1) is 0 Å². The molecule has 0 spiro atoms. The number of hydrogen-bond donors (Lipinski definition) is 0. The molecule has 0 bridgehead atoms. The van der Waals surface area contributed by atoms with Crippen molar-refractivity contribution in [1.29, 1.82) is 0 Å². The van der Waals surface area contributed by atoms with Gasteiger partial charge in [0.25, 0.3) is 0 Å². The van der Waals surface area contributed by atoms with E-state index in [0.717, 1.165) is 13.0 Å². The van der Waals surface area contributed by atoms with Crippen molar-refractivity contribution in [1.82, 2.24) is 4.90 Å². The summed E-state index contributed by atoms with van der Waals surface area (Å²) in [4.78, 5) is 29.3.